The first-order chi connectivity index (χ1) is 7.57. The van der Waals surface area contributed by atoms with Gasteiger partial charge in [0, 0.05) is 25.7 Å². The van der Waals surface area contributed by atoms with Gasteiger partial charge in [-0.15, -0.1) is 0 Å². The van der Waals surface area contributed by atoms with Gasteiger partial charge in [-0.2, -0.15) is 0 Å². The predicted molar refractivity (Wildman–Crippen MR) is 66.8 cm³/mol. The molecule has 0 spiro atoms. The molecule has 1 rings (SSSR count). The van der Waals surface area contributed by atoms with Crippen LogP contribution >= 0.6 is 0 Å². The van der Waals surface area contributed by atoms with E-state index in [9.17, 15) is 4.79 Å². The number of carbonyl (C=O) groups excluding carboxylic acids is 1. The SMILES string of the molecule is CNCCN(C)C(=O)c1cccc(C)c1C. The van der Waals surface area contributed by atoms with Crippen LogP contribution in [-0.2, 0) is 0 Å². The highest BCUT2D eigenvalue weighted by atomic mass is 16.2. The first-order valence-electron chi connectivity index (χ1n) is 5.54. The van der Waals surface area contributed by atoms with E-state index in [0.29, 0.717) is 0 Å². The van der Waals surface area contributed by atoms with Gasteiger partial charge in [0.25, 0.3) is 5.91 Å². The zero-order valence-corrected chi connectivity index (χ0v) is 10.5. The molecule has 0 aromatic heterocycles. The molecular weight excluding hydrogens is 200 g/mol. The fourth-order valence-electron chi connectivity index (χ4n) is 1.57. The van der Waals surface area contributed by atoms with Crippen molar-refractivity contribution in [2.24, 2.45) is 0 Å². The number of likely N-dealkylation sites (N-methyl/N-ethyl adjacent to an activating group) is 2. The molecular formula is C13H20N2O. The lowest BCUT2D eigenvalue weighted by Gasteiger charge is -2.18. The second-order valence-electron chi connectivity index (χ2n) is 4.08. The van der Waals surface area contributed by atoms with Crippen LogP contribution in [0, 0.1) is 13.8 Å². The van der Waals surface area contributed by atoms with Gasteiger partial charge in [-0.1, -0.05) is 12.1 Å². The Kier molecular flexibility index (Phi) is 4.50. The molecule has 0 heterocycles. The molecule has 0 fully saturated rings. The number of amides is 1. The van der Waals surface area contributed by atoms with Gasteiger partial charge in [0.1, 0.15) is 0 Å². The third-order valence-electron chi connectivity index (χ3n) is 2.88. The van der Waals surface area contributed by atoms with Crippen molar-refractivity contribution in [2.45, 2.75) is 13.8 Å². The average molecular weight is 220 g/mol. The Labute approximate surface area is 97.5 Å². The van der Waals surface area contributed by atoms with Crippen LogP contribution in [0.5, 0.6) is 0 Å². The molecule has 3 heteroatoms. The highest BCUT2D eigenvalue weighted by molar-refractivity contribution is 5.95. The van der Waals surface area contributed by atoms with Gasteiger partial charge in [-0.05, 0) is 38.1 Å². The molecule has 3 nitrogen and oxygen atoms in total. The van der Waals surface area contributed by atoms with Gasteiger partial charge in [-0.3, -0.25) is 4.79 Å². The number of hydrogen-bond donors (Lipinski definition) is 1. The normalized spacial score (nSPS) is 10.2. The van der Waals surface area contributed by atoms with Gasteiger partial charge in [0.15, 0.2) is 0 Å². The van der Waals surface area contributed by atoms with Crippen LogP contribution in [0.15, 0.2) is 18.2 Å². The monoisotopic (exact) mass is 220 g/mol. The number of carbonyl (C=O) groups is 1. The number of rotatable bonds is 4. The summed E-state index contributed by atoms with van der Waals surface area (Å²) in [4.78, 5) is 13.9. The molecule has 0 aliphatic rings. The van der Waals surface area contributed by atoms with Crippen LogP contribution in [0.4, 0.5) is 0 Å². The van der Waals surface area contributed by atoms with Crippen LogP contribution in [0.2, 0.25) is 0 Å². The summed E-state index contributed by atoms with van der Waals surface area (Å²) in [5.41, 5.74) is 3.04. The second-order valence-corrected chi connectivity index (χ2v) is 4.08. The van der Waals surface area contributed by atoms with Gasteiger partial charge in [0.05, 0.1) is 0 Å². The summed E-state index contributed by atoms with van der Waals surface area (Å²) in [6.45, 7) is 5.56. The first kappa shape index (κ1) is 12.7. The molecule has 16 heavy (non-hydrogen) atoms. The number of hydrogen-bond acceptors (Lipinski definition) is 2. The Hall–Kier alpha value is -1.35. The predicted octanol–water partition coefficient (Wildman–Crippen LogP) is 1.59. The van der Waals surface area contributed by atoms with Crippen molar-refractivity contribution >= 4 is 5.91 Å². The molecule has 0 radical (unpaired) electrons. The lowest BCUT2D eigenvalue weighted by Crippen LogP contribution is -2.33. The smallest absolute Gasteiger partial charge is 0.253 e. The second kappa shape index (κ2) is 5.66. The molecule has 0 aliphatic heterocycles. The van der Waals surface area contributed by atoms with Gasteiger partial charge in [0.2, 0.25) is 0 Å². The zero-order valence-electron chi connectivity index (χ0n) is 10.5. The fourth-order valence-corrected chi connectivity index (χ4v) is 1.57. The summed E-state index contributed by atoms with van der Waals surface area (Å²) >= 11 is 0. The van der Waals surface area contributed by atoms with E-state index >= 15 is 0 Å². The number of benzene rings is 1. The quantitative estimate of drug-likeness (QED) is 0.836. The minimum absolute atomic E-state index is 0.0939. The van der Waals surface area contributed by atoms with E-state index in [1.807, 2.05) is 46.1 Å². The van der Waals surface area contributed by atoms with E-state index in [1.54, 1.807) is 4.90 Å². The van der Waals surface area contributed by atoms with Crippen molar-refractivity contribution in [3.8, 4) is 0 Å². The molecule has 0 saturated heterocycles. The van der Waals surface area contributed by atoms with Crippen molar-refractivity contribution in [1.29, 1.82) is 0 Å². The molecule has 1 aromatic carbocycles. The van der Waals surface area contributed by atoms with Crippen LogP contribution in [0.1, 0.15) is 21.5 Å². The Morgan fingerprint density at radius 1 is 1.38 bits per heavy atom. The molecule has 88 valence electrons. The van der Waals surface area contributed by atoms with E-state index in [1.165, 1.54) is 0 Å². The van der Waals surface area contributed by atoms with E-state index in [4.69, 9.17) is 0 Å². The minimum Gasteiger partial charge on any atom is -0.340 e. The molecule has 1 N–H and O–H groups in total. The van der Waals surface area contributed by atoms with Crippen molar-refractivity contribution in [1.82, 2.24) is 10.2 Å². The number of nitrogens with zero attached hydrogens (tertiary/aromatic N) is 1. The van der Waals surface area contributed by atoms with Crippen molar-refractivity contribution in [3.63, 3.8) is 0 Å². The zero-order chi connectivity index (χ0) is 12.1. The standard InChI is InChI=1S/C13H20N2O/c1-10-6-5-7-12(11(10)2)13(16)15(4)9-8-14-3/h5-7,14H,8-9H2,1-4H3. The molecule has 1 amide bonds. The lowest BCUT2D eigenvalue weighted by molar-refractivity contribution is 0.0796. The largest absolute Gasteiger partial charge is 0.340 e. The molecule has 1 aromatic rings. The summed E-state index contributed by atoms with van der Waals surface area (Å²) in [5.74, 6) is 0.0939. The van der Waals surface area contributed by atoms with E-state index in [2.05, 4.69) is 5.32 Å². The molecule has 0 aliphatic carbocycles. The van der Waals surface area contributed by atoms with Gasteiger partial charge in [-0.25, -0.2) is 0 Å². The summed E-state index contributed by atoms with van der Waals surface area (Å²) < 4.78 is 0. The van der Waals surface area contributed by atoms with E-state index < -0.39 is 0 Å². The number of nitrogens with one attached hydrogen (secondary N) is 1. The van der Waals surface area contributed by atoms with E-state index in [-0.39, 0.29) is 5.91 Å². The lowest BCUT2D eigenvalue weighted by atomic mass is 10.0. The van der Waals surface area contributed by atoms with Crippen LogP contribution < -0.4 is 5.32 Å². The van der Waals surface area contributed by atoms with Crippen LogP contribution in [0.3, 0.4) is 0 Å². The Bertz CT molecular complexity index is 374. The average Bonchev–Trinajstić information content (AvgIpc) is 2.28. The maximum atomic E-state index is 12.1. The summed E-state index contributed by atoms with van der Waals surface area (Å²) in [7, 11) is 3.72. The van der Waals surface area contributed by atoms with Gasteiger partial charge < -0.3 is 10.2 Å². The highest BCUT2D eigenvalue weighted by Gasteiger charge is 2.13. The third-order valence-corrected chi connectivity index (χ3v) is 2.88. The Morgan fingerprint density at radius 2 is 2.06 bits per heavy atom. The summed E-state index contributed by atoms with van der Waals surface area (Å²) in [6, 6.07) is 5.85. The van der Waals surface area contributed by atoms with Crippen LogP contribution in [0.25, 0.3) is 0 Å². The summed E-state index contributed by atoms with van der Waals surface area (Å²) in [6.07, 6.45) is 0. The minimum atomic E-state index is 0.0939. The van der Waals surface area contributed by atoms with E-state index in [0.717, 1.165) is 29.8 Å². The fraction of sp³-hybridized carbons (Fsp3) is 0.462. The number of aryl methyl sites for hydroxylation is 1. The van der Waals surface area contributed by atoms with Gasteiger partial charge >= 0.3 is 0 Å². The molecule has 0 atom stereocenters. The van der Waals surface area contributed by atoms with Crippen molar-refractivity contribution < 1.29 is 4.79 Å². The van der Waals surface area contributed by atoms with Crippen molar-refractivity contribution in [2.75, 3.05) is 27.2 Å². The highest BCUT2D eigenvalue weighted by Crippen LogP contribution is 2.14. The first-order valence-corrected chi connectivity index (χ1v) is 5.54. The maximum Gasteiger partial charge on any atom is 0.253 e. The van der Waals surface area contributed by atoms with Crippen LogP contribution in [-0.4, -0.2) is 38.0 Å². The van der Waals surface area contributed by atoms with Crippen molar-refractivity contribution in [3.05, 3.63) is 34.9 Å². The maximum absolute atomic E-state index is 12.1. The molecule has 0 unspecified atom stereocenters. The Morgan fingerprint density at radius 3 is 2.69 bits per heavy atom. The molecule has 0 saturated carbocycles. The third kappa shape index (κ3) is 2.83. The summed E-state index contributed by atoms with van der Waals surface area (Å²) in [5, 5.41) is 3.04. The Balaban J connectivity index is 2.84. The topological polar surface area (TPSA) is 32.3 Å². The molecule has 0 bridgehead atoms.